The molecule has 1 aliphatic rings. The summed E-state index contributed by atoms with van der Waals surface area (Å²) in [4.78, 5) is 36.8. The van der Waals surface area contributed by atoms with Crippen LogP contribution in [0.4, 0.5) is 4.79 Å². The van der Waals surface area contributed by atoms with E-state index in [9.17, 15) is 14.4 Å². The lowest BCUT2D eigenvalue weighted by atomic mass is 10.2. The molecule has 0 aromatic heterocycles. The van der Waals surface area contributed by atoms with Crippen molar-refractivity contribution in [3.63, 3.8) is 0 Å². The monoisotopic (exact) mass is 455 g/mol. The Bertz CT molecular complexity index is 807. The second-order valence-corrected chi connectivity index (χ2v) is 7.05. The second-order valence-electron chi connectivity index (χ2n) is 5.21. The minimum Gasteiger partial charge on any atom is -0.490 e. The maximum atomic E-state index is 12.4. The van der Waals surface area contributed by atoms with E-state index in [2.05, 4.69) is 27.2 Å². The number of imide groups is 1. The Balaban J connectivity index is 2.32. The van der Waals surface area contributed by atoms with E-state index < -0.39 is 23.7 Å². The number of nitrogens with zero attached hydrogens (tertiary/aromatic N) is 1. The smallest absolute Gasteiger partial charge is 0.325 e. The van der Waals surface area contributed by atoms with Gasteiger partial charge in [0, 0.05) is 0 Å². The van der Waals surface area contributed by atoms with Crippen LogP contribution in [0.25, 0.3) is 6.08 Å². The van der Waals surface area contributed by atoms with Gasteiger partial charge in [-0.25, -0.2) is 0 Å². The largest absolute Gasteiger partial charge is 0.490 e. The molecule has 27 heavy (non-hydrogen) atoms. The van der Waals surface area contributed by atoms with Gasteiger partial charge in [0.1, 0.15) is 13.2 Å². The van der Waals surface area contributed by atoms with Gasteiger partial charge in [0.15, 0.2) is 11.5 Å². The van der Waals surface area contributed by atoms with Crippen LogP contribution in [0.2, 0.25) is 0 Å². The summed E-state index contributed by atoms with van der Waals surface area (Å²) in [6.07, 6.45) is 3.18. The van der Waals surface area contributed by atoms with Gasteiger partial charge in [-0.05, 0) is 58.4 Å². The molecule has 2 amide bonds. The van der Waals surface area contributed by atoms with Crippen LogP contribution in [0, 0.1) is 0 Å². The van der Waals surface area contributed by atoms with E-state index in [1.807, 2.05) is 6.92 Å². The molecule has 1 aromatic carbocycles. The highest BCUT2D eigenvalue weighted by molar-refractivity contribution is 9.10. The van der Waals surface area contributed by atoms with E-state index in [0.29, 0.717) is 34.7 Å². The number of ether oxygens (including phenoxy) is 3. The van der Waals surface area contributed by atoms with Crippen LogP contribution in [0.1, 0.15) is 12.5 Å². The third-order valence-electron chi connectivity index (χ3n) is 3.36. The second kappa shape index (κ2) is 9.61. The predicted molar refractivity (Wildman–Crippen MR) is 106 cm³/mol. The van der Waals surface area contributed by atoms with Crippen molar-refractivity contribution < 1.29 is 28.6 Å². The lowest BCUT2D eigenvalue weighted by Gasteiger charge is -2.14. The fourth-order valence-corrected chi connectivity index (χ4v) is 3.61. The Kier molecular flexibility index (Phi) is 7.49. The molecule has 1 aromatic rings. The van der Waals surface area contributed by atoms with E-state index in [0.717, 1.165) is 16.7 Å². The Morgan fingerprint density at radius 2 is 2.07 bits per heavy atom. The van der Waals surface area contributed by atoms with Crippen molar-refractivity contribution >= 4 is 50.9 Å². The molecule has 1 heterocycles. The molecule has 0 atom stereocenters. The summed E-state index contributed by atoms with van der Waals surface area (Å²) >= 11 is 4.19. The third kappa shape index (κ3) is 5.14. The number of halogens is 1. The Hall–Kier alpha value is -2.26. The minimum absolute atomic E-state index is 0.206. The van der Waals surface area contributed by atoms with E-state index >= 15 is 0 Å². The van der Waals surface area contributed by atoms with Crippen LogP contribution in [0.15, 0.2) is 34.2 Å². The van der Waals surface area contributed by atoms with Crippen molar-refractivity contribution in [2.75, 3.05) is 26.9 Å². The molecule has 0 N–H and O–H groups in total. The maximum Gasteiger partial charge on any atom is 0.325 e. The van der Waals surface area contributed by atoms with Gasteiger partial charge in [-0.15, -0.1) is 0 Å². The molecule has 9 heteroatoms. The zero-order valence-electron chi connectivity index (χ0n) is 14.8. The van der Waals surface area contributed by atoms with E-state index in [4.69, 9.17) is 9.47 Å². The van der Waals surface area contributed by atoms with Crippen molar-refractivity contribution in [1.82, 2.24) is 4.90 Å². The minimum atomic E-state index is -0.663. The molecule has 0 radical (unpaired) electrons. The normalized spacial score (nSPS) is 15.2. The molecular weight excluding hydrogens is 438 g/mol. The molecule has 144 valence electrons. The molecule has 1 saturated heterocycles. The molecule has 1 fully saturated rings. The van der Waals surface area contributed by atoms with E-state index in [1.54, 1.807) is 24.3 Å². The lowest BCUT2D eigenvalue weighted by molar-refractivity contribution is -0.143. The lowest BCUT2D eigenvalue weighted by Crippen LogP contribution is -2.34. The number of esters is 1. The average Bonchev–Trinajstić information content (AvgIpc) is 2.88. The topological polar surface area (TPSA) is 82.1 Å². The number of methoxy groups -OCH3 is 1. The highest BCUT2D eigenvalue weighted by atomic mass is 79.9. The van der Waals surface area contributed by atoms with Crippen LogP contribution >= 0.6 is 27.7 Å². The number of carbonyl (C=O) groups is 3. The Morgan fingerprint density at radius 1 is 1.33 bits per heavy atom. The average molecular weight is 456 g/mol. The molecule has 0 aliphatic carbocycles. The molecular formula is C18H18BrNO6S. The van der Waals surface area contributed by atoms with Crippen LogP contribution in [-0.2, 0) is 14.3 Å². The molecule has 7 nitrogen and oxygen atoms in total. The maximum absolute atomic E-state index is 12.4. The first-order chi connectivity index (χ1) is 12.9. The molecule has 0 unspecified atom stereocenters. The van der Waals surface area contributed by atoms with Crippen molar-refractivity contribution in [2.45, 2.75) is 6.92 Å². The fourth-order valence-electron chi connectivity index (χ4n) is 2.20. The first kappa shape index (κ1) is 21.0. The molecule has 0 bridgehead atoms. The first-order valence-electron chi connectivity index (χ1n) is 7.93. The summed E-state index contributed by atoms with van der Waals surface area (Å²) in [5.41, 5.74) is 0.639. The summed E-state index contributed by atoms with van der Waals surface area (Å²) in [7, 11) is 1.19. The summed E-state index contributed by atoms with van der Waals surface area (Å²) in [5.74, 6) is -0.193. The Morgan fingerprint density at radius 3 is 2.70 bits per heavy atom. The molecule has 0 spiro atoms. The van der Waals surface area contributed by atoms with Gasteiger partial charge in [-0.3, -0.25) is 19.3 Å². The highest BCUT2D eigenvalue weighted by Gasteiger charge is 2.36. The standard InChI is InChI=1S/C18H18BrNO6S/c1-4-6-26-16-12(19)7-11(8-13(16)25-5-2)9-14-17(22)20(18(23)27-14)10-15(21)24-3/h4,7-9H,1,5-6,10H2,2-3H3/b14-9+. The zero-order valence-corrected chi connectivity index (χ0v) is 17.2. The third-order valence-corrected chi connectivity index (χ3v) is 4.86. The first-order valence-corrected chi connectivity index (χ1v) is 9.54. The van der Waals surface area contributed by atoms with Crippen molar-refractivity contribution in [1.29, 1.82) is 0 Å². The molecule has 1 aliphatic heterocycles. The summed E-state index contributed by atoms with van der Waals surface area (Å²) in [6, 6.07) is 3.45. The molecule has 0 saturated carbocycles. The van der Waals surface area contributed by atoms with Crippen molar-refractivity contribution in [2.24, 2.45) is 0 Å². The predicted octanol–water partition coefficient (Wildman–Crippen LogP) is 3.62. The van der Waals surface area contributed by atoms with Crippen LogP contribution in [0.3, 0.4) is 0 Å². The van der Waals surface area contributed by atoms with Crippen molar-refractivity contribution in [3.8, 4) is 11.5 Å². The van der Waals surface area contributed by atoms with Crippen molar-refractivity contribution in [3.05, 3.63) is 39.7 Å². The van der Waals surface area contributed by atoms with Gasteiger partial charge in [0.2, 0.25) is 0 Å². The molecule has 2 rings (SSSR count). The van der Waals surface area contributed by atoms with Gasteiger partial charge in [0.05, 0.1) is 23.1 Å². The van der Waals surface area contributed by atoms with Gasteiger partial charge >= 0.3 is 5.97 Å². The van der Waals surface area contributed by atoms with Crippen LogP contribution in [-0.4, -0.2) is 48.9 Å². The number of hydrogen-bond donors (Lipinski definition) is 0. The van der Waals surface area contributed by atoms with E-state index in [-0.39, 0.29) is 4.91 Å². The Labute approximate surface area is 169 Å². The number of benzene rings is 1. The number of carbonyl (C=O) groups excluding carboxylic acids is 3. The highest BCUT2D eigenvalue weighted by Crippen LogP contribution is 2.39. The number of rotatable bonds is 8. The SMILES string of the molecule is C=CCOc1c(Br)cc(/C=C2/SC(=O)N(CC(=O)OC)C2=O)cc1OCC. The number of hydrogen-bond acceptors (Lipinski definition) is 7. The summed E-state index contributed by atoms with van der Waals surface area (Å²) in [5, 5.41) is -0.522. The number of thioether (sulfide) groups is 1. The van der Waals surface area contributed by atoms with Crippen LogP contribution in [0.5, 0.6) is 11.5 Å². The van der Waals surface area contributed by atoms with Gasteiger partial charge in [-0.2, -0.15) is 0 Å². The zero-order chi connectivity index (χ0) is 20.0. The van der Waals surface area contributed by atoms with Crippen LogP contribution < -0.4 is 9.47 Å². The van der Waals surface area contributed by atoms with E-state index in [1.165, 1.54) is 7.11 Å². The fraction of sp³-hybridized carbons (Fsp3) is 0.278. The number of amides is 2. The van der Waals surface area contributed by atoms with Gasteiger partial charge in [0.25, 0.3) is 11.1 Å². The van der Waals surface area contributed by atoms with Gasteiger partial charge in [-0.1, -0.05) is 12.7 Å². The summed E-state index contributed by atoms with van der Waals surface area (Å²) in [6.45, 7) is 5.78. The quantitative estimate of drug-likeness (QED) is 0.336. The summed E-state index contributed by atoms with van der Waals surface area (Å²) < 4.78 is 16.4. The van der Waals surface area contributed by atoms with Gasteiger partial charge < -0.3 is 14.2 Å².